The molecule has 0 aromatic heterocycles. The molecule has 2 rings (SSSR count). The molecule has 0 unspecified atom stereocenters. The second kappa shape index (κ2) is 6.64. The Labute approximate surface area is 137 Å². The van der Waals surface area contributed by atoms with Crippen LogP contribution in [0.25, 0.3) is 0 Å². The summed E-state index contributed by atoms with van der Waals surface area (Å²) in [7, 11) is -3.96. The average Bonchev–Trinajstić information content (AvgIpc) is 2.47. The SMILES string of the molecule is N#Cc1ccc(Cl)cc1NS(=O)(=O)Cc1ccccc1[N+](=O)[O-]. The van der Waals surface area contributed by atoms with Crippen molar-refractivity contribution in [3.05, 3.63) is 68.7 Å². The van der Waals surface area contributed by atoms with Crippen LogP contribution in [0.15, 0.2) is 42.5 Å². The molecule has 2 aromatic carbocycles. The van der Waals surface area contributed by atoms with Gasteiger partial charge < -0.3 is 0 Å². The van der Waals surface area contributed by atoms with Crippen molar-refractivity contribution < 1.29 is 13.3 Å². The Bertz CT molecular complexity index is 906. The van der Waals surface area contributed by atoms with E-state index in [9.17, 15) is 18.5 Å². The molecule has 0 radical (unpaired) electrons. The van der Waals surface area contributed by atoms with Crippen LogP contribution < -0.4 is 4.72 Å². The predicted octanol–water partition coefficient (Wildman–Crippen LogP) is 3.06. The number of nitrogens with zero attached hydrogens (tertiary/aromatic N) is 2. The van der Waals surface area contributed by atoms with Crippen LogP contribution in [0, 0.1) is 21.4 Å². The number of nitro groups is 1. The van der Waals surface area contributed by atoms with Crippen molar-refractivity contribution in [1.82, 2.24) is 0 Å². The number of nitrogens with one attached hydrogen (secondary N) is 1. The molecule has 0 amide bonds. The maximum atomic E-state index is 12.2. The Morgan fingerprint density at radius 2 is 1.96 bits per heavy atom. The molecule has 1 N–H and O–H groups in total. The summed E-state index contributed by atoms with van der Waals surface area (Å²) in [5.41, 5.74) is -0.117. The number of nitro benzene ring substituents is 1. The molecule has 7 nitrogen and oxygen atoms in total. The van der Waals surface area contributed by atoms with Gasteiger partial charge in [0.2, 0.25) is 10.0 Å². The lowest BCUT2D eigenvalue weighted by Crippen LogP contribution is -2.16. The van der Waals surface area contributed by atoms with Crippen molar-refractivity contribution in [2.45, 2.75) is 5.75 Å². The first-order valence-electron chi connectivity index (χ1n) is 6.25. The summed E-state index contributed by atoms with van der Waals surface area (Å²) < 4.78 is 26.7. The standard InChI is InChI=1S/C14H10ClN3O4S/c15-12-6-5-10(8-16)13(7-12)17-23(21,22)9-11-3-1-2-4-14(11)18(19)20/h1-7,17H,9H2. The second-order valence-corrected chi connectivity index (χ2v) is 6.71. The lowest BCUT2D eigenvalue weighted by molar-refractivity contribution is -0.385. The monoisotopic (exact) mass is 351 g/mol. The fourth-order valence-electron chi connectivity index (χ4n) is 1.92. The molecule has 118 valence electrons. The van der Waals surface area contributed by atoms with Gasteiger partial charge >= 0.3 is 0 Å². The van der Waals surface area contributed by atoms with E-state index in [4.69, 9.17) is 16.9 Å². The van der Waals surface area contributed by atoms with Gasteiger partial charge in [0.05, 0.1) is 16.2 Å². The molecule has 0 atom stereocenters. The largest absolute Gasteiger partial charge is 0.282 e. The molecule has 2 aromatic rings. The predicted molar refractivity (Wildman–Crippen MR) is 85.5 cm³/mol. The van der Waals surface area contributed by atoms with Gasteiger partial charge in [-0.2, -0.15) is 5.26 Å². The zero-order valence-electron chi connectivity index (χ0n) is 11.6. The van der Waals surface area contributed by atoms with Crippen molar-refractivity contribution in [2.24, 2.45) is 0 Å². The van der Waals surface area contributed by atoms with Crippen LogP contribution >= 0.6 is 11.6 Å². The third-order valence-corrected chi connectivity index (χ3v) is 4.36. The molecule has 0 saturated carbocycles. The number of rotatable bonds is 5. The van der Waals surface area contributed by atoms with E-state index in [-0.39, 0.29) is 27.5 Å². The summed E-state index contributed by atoms with van der Waals surface area (Å²) in [6, 6.07) is 11.5. The van der Waals surface area contributed by atoms with E-state index in [0.717, 1.165) is 0 Å². The number of hydrogen-bond acceptors (Lipinski definition) is 5. The highest BCUT2D eigenvalue weighted by atomic mass is 35.5. The van der Waals surface area contributed by atoms with Crippen LogP contribution in [-0.2, 0) is 15.8 Å². The average molecular weight is 352 g/mol. The Morgan fingerprint density at radius 3 is 2.61 bits per heavy atom. The van der Waals surface area contributed by atoms with Crippen LogP contribution in [0.2, 0.25) is 5.02 Å². The molecule has 0 saturated heterocycles. The molecular formula is C14H10ClN3O4S. The number of sulfonamides is 1. The number of halogens is 1. The second-order valence-electron chi connectivity index (χ2n) is 4.55. The fourth-order valence-corrected chi connectivity index (χ4v) is 3.32. The van der Waals surface area contributed by atoms with Gasteiger partial charge in [-0.1, -0.05) is 29.8 Å². The van der Waals surface area contributed by atoms with E-state index in [1.807, 2.05) is 6.07 Å². The summed E-state index contributed by atoms with van der Waals surface area (Å²) >= 11 is 5.80. The third kappa shape index (κ3) is 4.18. The Kier molecular flexibility index (Phi) is 4.83. The molecule has 0 aliphatic heterocycles. The molecule has 0 aliphatic rings. The number of hydrogen-bond donors (Lipinski definition) is 1. The van der Waals surface area contributed by atoms with Crippen LogP contribution in [0.1, 0.15) is 11.1 Å². The molecule has 0 heterocycles. The van der Waals surface area contributed by atoms with Crippen molar-refractivity contribution >= 4 is 33.0 Å². The summed E-state index contributed by atoms with van der Waals surface area (Å²) in [6.45, 7) is 0. The lowest BCUT2D eigenvalue weighted by atomic mass is 10.2. The Balaban J connectivity index is 2.33. The van der Waals surface area contributed by atoms with E-state index in [0.29, 0.717) is 0 Å². The first-order chi connectivity index (χ1) is 10.8. The van der Waals surface area contributed by atoms with Crippen molar-refractivity contribution in [1.29, 1.82) is 5.26 Å². The number of para-hydroxylation sites is 1. The maximum Gasteiger partial charge on any atom is 0.273 e. The summed E-state index contributed by atoms with van der Waals surface area (Å²) in [5.74, 6) is -0.596. The van der Waals surface area contributed by atoms with Gasteiger partial charge in [-0.3, -0.25) is 14.8 Å². The van der Waals surface area contributed by atoms with E-state index in [1.54, 1.807) is 0 Å². The minimum atomic E-state index is -3.96. The third-order valence-electron chi connectivity index (χ3n) is 2.90. The lowest BCUT2D eigenvalue weighted by Gasteiger charge is -2.10. The minimum absolute atomic E-state index is 0.0265. The minimum Gasteiger partial charge on any atom is -0.282 e. The summed E-state index contributed by atoms with van der Waals surface area (Å²) in [5, 5.41) is 20.2. The number of anilines is 1. The topological polar surface area (TPSA) is 113 Å². The smallest absolute Gasteiger partial charge is 0.273 e. The number of benzene rings is 2. The molecule has 0 spiro atoms. The fraction of sp³-hybridized carbons (Fsp3) is 0.0714. The molecule has 0 fully saturated rings. The highest BCUT2D eigenvalue weighted by Crippen LogP contribution is 2.24. The van der Waals surface area contributed by atoms with Gasteiger partial charge in [-0.05, 0) is 18.2 Å². The van der Waals surface area contributed by atoms with Gasteiger partial charge in [0.25, 0.3) is 5.69 Å². The van der Waals surface area contributed by atoms with Gasteiger partial charge in [0.1, 0.15) is 11.8 Å². The highest BCUT2D eigenvalue weighted by Gasteiger charge is 2.20. The van der Waals surface area contributed by atoms with Crippen LogP contribution in [-0.4, -0.2) is 13.3 Å². The van der Waals surface area contributed by atoms with Gasteiger partial charge in [-0.25, -0.2) is 8.42 Å². The summed E-state index contributed by atoms with van der Waals surface area (Å²) in [6.07, 6.45) is 0. The number of nitriles is 1. The first kappa shape index (κ1) is 16.7. The molecule has 23 heavy (non-hydrogen) atoms. The van der Waals surface area contributed by atoms with Crippen molar-refractivity contribution in [2.75, 3.05) is 4.72 Å². The van der Waals surface area contributed by atoms with Gasteiger partial charge in [0.15, 0.2) is 0 Å². The zero-order valence-corrected chi connectivity index (χ0v) is 13.1. The molecule has 0 aliphatic carbocycles. The zero-order chi connectivity index (χ0) is 17.0. The Morgan fingerprint density at radius 1 is 1.26 bits per heavy atom. The van der Waals surface area contributed by atoms with Crippen molar-refractivity contribution in [3.63, 3.8) is 0 Å². The maximum absolute atomic E-state index is 12.2. The van der Waals surface area contributed by atoms with Gasteiger partial charge in [-0.15, -0.1) is 0 Å². The molecular weight excluding hydrogens is 342 g/mol. The van der Waals surface area contributed by atoms with E-state index in [2.05, 4.69) is 4.72 Å². The molecule has 0 bridgehead atoms. The first-order valence-corrected chi connectivity index (χ1v) is 8.28. The van der Waals surface area contributed by atoms with Gasteiger partial charge in [0, 0.05) is 16.7 Å². The van der Waals surface area contributed by atoms with Crippen molar-refractivity contribution in [3.8, 4) is 6.07 Å². The quantitative estimate of drug-likeness (QED) is 0.656. The van der Waals surface area contributed by atoms with Crippen LogP contribution in [0.3, 0.4) is 0 Å². The van der Waals surface area contributed by atoms with E-state index < -0.39 is 20.7 Å². The van der Waals surface area contributed by atoms with Crippen LogP contribution in [0.4, 0.5) is 11.4 Å². The highest BCUT2D eigenvalue weighted by molar-refractivity contribution is 7.91. The molecule has 9 heteroatoms. The normalized spacial score (nSPS) is 10.8. The summed E-state index contributed by atoms with van der Waals surface area (Å²) in [4.78, 5) is 10.3. The Hall–Kier alpha value is -2.63. The van der Waals surface area contributed by atoms with Crippen LogP contribution in [0.5, 0.6) is 0 Å². The van der Waals surface area contributed by atoms with E-state index >= 15 is 0 Å². The van der Waals surface area contributed by atoms with E-state index in [1.165, 1.54) is 42.5 Å².